The highest BCUT2D eigenvalue weighted by atomic mass is 32.1. The topological polar surface area (TPSA) is 43.9 Å². The molecule has 39 heavy (non-hydrogen) atoms. The van der Waals surface area contributed by atoms with Crippen LogP contribution in [0, 0.1) is 0 Å². The number of aromatic nitrogens is 3. The second kappa shape index (κ2) is 8.79. The second-order valence-corrected chi connectivity index (χ2v) is 10.3. The summed E-state index contributed by atoms with van der Waals surface area (Å²) in [5.74, 6) is 0.621. The van der Waals surface area contributed by atoms with Gasteiger partial charge < -0.3 is 8.98 Å². The lowest BCUT2D eigenvalue weighted by molar-refractivity contribution is 0.620. The third-order valence-corrected chi connectivity index (χ3v) is 7.89. The van der Waals surface area contributed by atoms with Gasteiger partial charge in [-0.2, -0.15) is 11.3 Å². The van der Waals surface area contributed by atoms with Crippen LogP contribution in [-0.4, -0.2) is 14.5 Å². The molecule has 0 amide bonds. The molecule has 4 aromatic heterocycles. The minimum absolute atomic E-state index is 0.621. The molecule has 4 nitrogen and oxygen atoms in total. The highest BCUT2D eigenvalue weighted by Gasteiger charge is 2.17. The summed E-state index contributed by atoms with van der Waals surface area (Å²) in [6.07, 6.45) is 1.85. The molecule has 4 aromatic carbocycles. The first-order valence-corrected chi connectivity index (χ1v) is 13.7. The molecular formula is C34H21N3OS. The maximum Gasteiger partial charge on any atom is 0.227 e. The molecule has 0 aliphatic rings. The van der Waals surface area contributed by atoms with E-state index in [2.05, 4.69) is 93.1 Å². The van der Waals surface area contributed by atoms with Crippen LogP contribution in [-0.2, 0) is 0 Å². The first-order chi connectivity index (χ1) is 19.3. The van der Waals surface area contributed by atoms with Gasteiger partial charge in [-0.3, -0.25) is 4.98 Å². The Hall–Kier alpha value is -5.00. The van der Waals surface area contributed by atoms with Crippen LogP contribution in [0.4, 0.5) is 0 Å². The molecule has 4 heterocycles. The molecule has 0 radical (unpaired) electrons. The summed E-state index contributed by atoms with van der Waals surface area (Å²) >= 11 is 1.71. The van der Waals surface area contributed by atoms with Crippen LogP contribution in [0.2, 0.25) is 0 Å². The smallest absolute Gasteiger partial charge is 0.227 e. The normalized spacial score (nSPS) is 11.6. The SMILES string of the molecule is c1ccc(-c2cc(-c3ccsc3)cc(-n3c4ccccc4c4ccc(-c5nc6ccccc6o5)cc43)c2)nc1. The van der Waals surface area contributed by atoms with Crippen molar-refractivity contribution >= 4 is 44.2 Å². The molecule has 8 aromatic rings. The van der Waals surface area contributed by atoms with Gasteiger partial charge in [0, 0.05) is 33.8 Å². The van der Waals surface area contributed by atoms with Crippen molar-refractivity contribution in [2.45, 2.75) is 0 Å². The lowest BCUT2D eigenvalue weighted by Gasteiger charge is -2.13. The van der Waals surface area contributed by atoms with Gasteiger partial charge in [0.1, 0.15) is 5.52 Å². The molecule has 0 bridgehead atoms. The molecule has 0 saturated carbocycles. The summed E-state index contributed by atoms with van der Waals surface area (Å²) in [6.45, 7) is 0. The second-order valence-electron chi connectivity index (χ2n) is 9.57. The highest BCUT2D eigenvalue weighted by molar-refractivity contribution is 7.08. The fourth-order valence-electron chi connectivity index (χ4n) is 5.39. The first kappa shape index (κ1) is 22.0. The summed E-state index contributed by atoms with van der Waals surface area (Å²) in [7, 11) is 0. The Balaban J connectivity index is 1.41. The number of hydrogen-bond donors (Lipinski definition) is 0. The molecule has 0 fully saturated rings. The van der Waals surface area contributed by atoms with E-state index in [1.54, 1.807) is 11.3 Å². The molecule has 5 heteroatoms. The highest BCUT2D eigenvalue weighted by Crippen LogP contribution is 2.38. The average Bonchev–Trinajstić information content (AvgIpc) is 3.75. The van der Waals surface area contributed by atoms with Crippen molar-refractivity contribution in [2.24, 2.45) is 0 Å². The van der Waals surface area contributed by atoms with Gasteiger partial charge in [-0.15, -0.1) is 0 Å². The van der Waals surface area contributed by atoms with E-state index in [-0.39, 0.29) is 0 Å². The van der Waals surface area contributed by atoms with E-state index in [4.69, 9.17) is 9.40 Å². The van der Waals surface area contributed by atoms with E-state index in [9.17, 15) is 0 Å². The van der Waals surface area contributed by atoms with E-state index in [1.165, 1.54) is 16.3 Å². The summed E-state index contributed by atoms with van der Waals surface area (Å²) in [5, 5.41) is 6.70. The minimum Gasteiger partial charge on any atom is -0.436 e. The Bertz CT molecular complexity index is 2090. The summed E-state index contributed by atoms with van der Waals surface area (Å²) in [5.41, 5.74) is 10.3. The number of oxazole rings is 1. The maximum atomic E-state index is 6.14. The van der Waals surface area contributed by atoms with Crippen LogP contribution >= 0.6 is 11.3 Å². The number of thiophene rings is 1. The molecule has 0 saturated heterocycles. The van der Waals surface area contributed by atoms with Gasteiger partial charge in [-0.05, 0) is 88.6 Å². The standard InChI is InChI=1S/C34H21N3OS/c1-3-10-31-27(7-1)28-13-12-22(34-36-30-9-2-4-11-33(30)38-34)20-32(28)37(31)26-18-24(23-14-16-39-21-23)17-25(19-26)29-8-5-6-15-35-29/h1-21H. The van der Waals surface area contributed by atoms with Crippen LogP contribution in [0.3, 0.4) is 0 Å². The number of rotatable bonds is 4. The predicted octanol–water partition coefficient (Wildman–Crippen LogP) is 9.38. The van der Waals surface area contributed by atoms with Gasteiger partial charge in [-0.25, -0.2) is 4.98 Å². The molecule has 8 rings (SSSR count). The number of benzene rings is 4. The van der Waals surface area contributed by atoms with Gasteiger partial charge in [0.15, 0.2) is 5.58 Å². The van der Waals surface area contributed by atoms with Crippen molar-refractivity contribution in [3.05, 3.63) is 126 Å². The number of fused-ring (bicyclic) bond motifs is 4. The fraction of sp³-hybridized carbons (Fsp3) is 0. The monoisotopic (exact) mass is 519 g/mol. The zero-order valence-corrected chi connectivity index (χ0v) is 21.6. The van der Waals surface area contributed by atoms with Gasteiger partial charge >= 0.3 is 0 Å². The number of hydrogen-bond acceptors (Lipinski definition) is 4. The van der Waals surface area contributed by atoms with Crippen molar-refractivity contribution < 1.29 is 4.42 Å². The van der Waals surface area contributed by atoms with E-state index >= 15 is 0 Å². The third kappa shape index (κ3) is 3.67. The Morgan fingerprint density at radius 1 is 0.641 bits per heavy atom. The number of pyridine rings is 1. The summed E-state index contributed by atoms with van der Waals surface area (Å²) < 4.78 is 8.49. The van der Waals surface area contributed by atoms with Crippen molar-refractivity contribution in [1.29, 1.82) is 0 Å². The fourth-order valence-corrected chi connectivity index (χ4v) is 6.06. The lowest BCUT2D eigenvalue weighted by Crippen LogP contribution is -1.96. The molecule has 0 atom stereocenters. The Kier molecular flexibility index (Phi) is 4.96. The number of nitrogens with zero attached hydrogens (tertiary/aromatic N) is 3. The summed E-state index contributed by atoms with van der Waals surface area (Å²) in [4.78, 5) is 9.43. The summed E-state index contributed by atoms with van der Waals surface area (Å²) in [6, 6.07) is 37.9. The molecule has 0 aliphatic heterocycles. The molecule has 0 spiro atoms. The quantitative estimate of drug-likeness (QED) is 0.233. The zero-order chi connectivity index (χ0) is 25.8. The van der Waals surface area contributed by atoms with Crippen LogP contribution in [0.5, 0.6) is 0 Å². The molecular weight excluding hydrogens is 498 g/mol. The van der Waals surface area contributed by atoms with Crippen molar-refractivity contribution in [2.75, 3.05) is 0 Å². The van der Waals surface area contributed by atoms with Crippen LogP contribution in [0.25, 0.3) is 72.4 Å². The van der Waals surface area contributed by atoms with E-state index < -0.39 is 0 Å². The predicted molar refractivity (Wildman–Crippen MR) is 160 cm³/mol. The van der Waals surface area contributed by atoms with Crippen LogP contribution < -0.4 is 0 Å². The van der Waals surface area contributed by atoms with Gasteiger partial charge in [0.2, 0.25) is 5.89 Å². The van der Waals surface area contributed by atoms with Crippen molar-refractivity contribution in [3.63, 3.8) is 0 Å². The molecule has 0 unspecified atom stereocenters. The number of para-hydroxylation sites is 3. The maximum absolute atomic E-state index is 6.14. The van der Waals surface area contributed by atoms with Crippen LogP contribution in [0.15, 0.2) is 131 Å². The van der Waals surface area contributed by atoms with E-state index in [0.29, 0.717) is 5.89 Å². The Morgan fingerprint density at radius 2 is 1.49 bits per heavy atom. The molecule has 184 valence electrons. The third-order valence-electron chi connectivity index (χ3n) is 7.21. The van der Waals surface area contributed by atoms with Gasteiger partial charge in [0.25, 0.3) is 0 Å². The van der Waals surface area contributed by atoms with Crippen molar-refractivity contribution in [1.82, 2.24) is 14.5 Å². The largest absolute Gasteiger partial charge is 0.436 e. The lowest BCUT2D eigenvalue weighted by atomic mass is 10.0. The Morgan fingerprint density at radius 3 is 2.36 bits per heavy atom. The van der Waals surface area contributed by atoms with Crippen molar-refractivity contribution in [3.8, 4) is 39.5 Å². The van der Waals surface area contributed by atoms with E-state index in [1.807, 2.05) is 42.6 Å². The molecule has 0 aliphatic carbocycles. The van der Waals surface area contributed by atoms with Crippen LogP contribution in [0.1, 0.15) is 0 Å². The minimum atomic E-state index is 0.621. The van der Waals surface area contributed by atoms with Gasteiger partial charge in [-0.1, -0.05) is 42.5 Å². The Labute approximate surface area is 228 Å². The average molecular weight is 520 g/mol. The first-order valence-electron chi connectivity index (χ1n) is 12.8. The zero-order valence-electron chi connectivity index (χ0n) is 20.8. The van der Waals surface area contributed by atoms with E-state index in [0.717, 1.165) is 50.2 Å². The van der Waals surface area contributed by atoms with Gasteiger partial charge in [0.05, 0.1) is 16.7 Å². The molecule has 0 N–H and O–H groups in total.